The lowest BCUT2D eigenvalue weighted by Gasteiger charge is -2.26. The molecule has 1 atom stereocenters. The molecule has 28 heavy (non-hydrogen) atoms. The van der Waals surface area contributed by atoms with E-state index in [0.29, 0.717) is 6.54 Å². The average molecular weight is 411 g/mol. The number of likely N-dealkylation sites (tertiary alicyclic amines) is 1. The van der Waals surface area contributed by atoms with Gasteiger partial charge < -0.3 is 9.47 Å². The van der Waals surface area contributed by atoms with E-state index in [1.807, 2.05) is 18.2 Å². The summed E-state index contributed by atoms with van der Waals surface area (Å²) < 4.78 is 59.4. The van der Waals surface area contributed by atoms with E-state index >= 15 is 0 Å². The minimum atomic E-state index is -4.57. The number of halogens is 2. The third-order valence-corrected chi connectivity index (χ3v) is 6.43. The Labute approximate surface area is 163 Å². The van der Waals surface area contributed by atoms with Gasteiger partial charge in [0.15, 0.2) is 0 Å². The van der Waals surface area contributed by atoms with Crippen LogP contribution in [0.1, 0.15) is 30.0 Å². The first-order valence-corrected chi connectivity index (χ1v) is 10.5. The van der Waals surface area contributed by atoms with Gasteiger partial charge in [0.25, 0.3) is 0 Å². The Morgan fingerprint density at radius 2 is 1.82 bits per heavy atom. The predicted octanol–water partition coefficient (Wildman–Crippen LogP) is 4.04. The molecule has 8 heteroatoms. The summed E-state index contributed by atoms with van der Waals surface area (Å²) in [7, 11) is -1.32. The number of ether oxygens (including phenoxy) is 2. The quantitative estimate of drug-likeness (QED) is 0.688. The average Bonchev–Trinajstić information content (AvgIpc) is 3.15. The van der Waals surface area contributed by atoms with E-state index in [1.54, 1.807) is 26.4 Å². The molecule has 0 N–H and O–H groups in total. The van der Waals surface area contributed by atoms with Gasteiger partial charge in [0.1, 0.15) is 11.5 Å². The van der Waals surface area contributed by atoms with Crippen LogP contribution in [0.5, 0.6) is 11.5 Å². The molecule has 1 aliphatic rings. The lowest BCUT2D eigenvalue weighted by Crippen LogP contribution is -2.23. The van der Waals surface area contributed by atoms with Crippen LogP contribution in [0, 0.1) is 0 Å². The summed E-state index contributed by atoms with van der Waals surface area (Å²) in [5, 5.41) is 0. The Kier molecular flexibility index (Phi) is 6.20. The highest BCUT2D eigenvalue weighted by Gasteiger charge is 2.29. The van der Waals surface area contributed by atoms with Gasteiger partial charge in [-0.2, -0.15) is 8.78 Å². The van der Waals surface area contributed by atoms with Gasteiger partial charge in [-0.1, -0.05) is 12.1 Å². The number of benzene rings is 2. The third-order valence-electron chi connectivity index (χ3n) is 5.03. The second kappa shape index (κ2) is 8.45. The van der Waals surface area contributed by atoms with E-state index in [2.05, 4.69) is 4.90 Å². The topological polar surface area (TPSA) is 55.8 Å². The fraction of sp³-hybridized carbons (Fsp3) is 0.400. The minimum Gasteiger partial charge on any atom is -0.497 e. The molecule has 2 aromatic carbocycles. The molecule has 1 aliphatic heterocycles. The Balaban J connectivity index is 1.81. The van der Waals surface area contributed by atoms with Crippen molar-refractivity contribution in [2.24, 2.45) is 0 Å². The number of hydrogen-bond donors (Lipinski definition) is 0. The molecular formula is C20H23F2NO4S. The Morgan fingerprint density at radius 3 is 2.43 bits per heavy atom. The number of sulfone groups is 1. The SMILES string of the molecule is COc1ccc(OC)c(C2CCCN2Cc2ccc(S(=O)(=O)C(F)F)cc2)c1. The van der Waals surface area contributed by atoms with Crippen molar-refractivity contribution >= 4 is 9.84 Å². The monoisotopic (exact) mass is 411 g/mol. The van der Waals surface area contributed by atoms with Crippen molar-refractivity contribution in [3.63, 3.8) is 0 Å². The summed E-state index contributed by atoms with van der Waals surface area (Å²) in [5.41, 5.74) is 1.90. The van der Waals surface area contributed by atoms with Gasteiger partial charge in [0.05, 0.1) is 19.1 Å². The van der Waals surface area contributed by atoms with Gasteiger partial charge >= 0.3 is 5.76 Å². The molecule has 1 heterocycles. The van der Waals surface area contributed by atoms with Crippen molar-refractivity contribution in [1.82, 2.24) is 4.90 Å². The third kappa shape index (κ3) is 4.12. The van der Waals surface area contributed by atoms with Crippen LogP contribution in [0.4, 0.5) is 8.78 Å². The molecular weight excluding hydrogens is 388 g/mol. The first-order chi connectivity index (χ1) is 13.4. The zero-order valence-electron chi connectivity index (χ0n) is 15.8. The van der Waals surface area contributed by atoms with Crippen molar-refractivity contribution in [3.05, 3.63) is 53.6 Å². The normalized spacial score (nSPS) is 17.8. The molecule has 3 rings (SSSR count). The van der Waals surface area contributed by atoms with Crippen LogP contribution in [0.3, 0.4) is 0 Å². The lowest BCUT2D eigenvalue weighted by atomic mass is 10.0. The van der Waals surface area contributed by atoms with E-state index in [-0.39, 0.29) is 10.9 Å². The molecule has 1 saturated heterocycles. The Bertz CT molecular complexity index is 916. The second-order valence-electron chi connectivity index (χ2n) is 6.69. The van der Waals surface area contributed by atoms with Crippen LogP contribution in [-0.2, 0) is 16.4 Å². The van der Waals surface area contributed by atoms with E-state index in [9.17, 15) is 17.2 Å². The van der Waals surface area contributed by atoms with E-state index in [4.69, 9.17) is 9.47 Å². The van der Waals surface area contributed by atoms with Crippen molar-refractivity contribution in [2.45, 2.75) is 36.1 Å². The fourth-order valence-corrected chi connectivity index (χ4v) is 4.31. The maximum Gasteiger partial charge on any atom is 0.341 e. The van der Waals surface area contributed by atoms with Gasteiger partial charge in [-0.25, -0.2) is 8.42 Å². The summed E-state index contributed by atoms with van der Waals surface area (Å²) in [4.78, 5) is 1.91. The van der Waals surface area contributed by atoms with Crippen molar-refractivity contribution < 1.29 is 26.7 Å². The van der Waals surface area contributed by atoms with Crippen LogP contribution < -0.4 is 9.47 Å². The number of methoxy groups -OCH3 is 2. The molecule has 0 bridgehead atoms. The Morgan fingerprint density at radius 1 is 1.11 bits per heavy atom. The summed E-state index contributed by atoms with van der Waals surface area (Å²) >= 11 is 0. The number of nitrogens with zero attached hydrogens (tertiary/aromatic N) is 1. The van der Waals surface area contributed by atoms with Crippen molar-refractivity contribution in [3.8, 4) is 11.5 Å². The Hall–Kier alpha value is -2.19. The molecule has 0 saturated carbocycles. The van der Waals surface area contributed by atoms with Crippen LogP contribution in [-0.4, -0.2) is 39.8 Å². The van der Waals surface area contributed by atoms with Gasteiger partial charge in [0.2, 0.25) is 9.84 Å². The van der Waals surface area contributed by atoms with Crippen LogP contribution in [0.25, 0.3) is 0 Å². The number of rotatable bonds is 7. The molecule has 1 unspecified atom stereocenters. The molecule has 0 radical (unpaired) electrons. The molecule has 1 fully saturated rings. The van der Waals surface area contributed by atoms with Crippen molar-refractivity contribution in [2.75, 3.05) is 20.8 Å². The minimum absolute atomic E-state index is 0.134. The molecule has 2 aromatic rings. The number of alkyl halides is 2. The van der Waals surface area contributed by atoms with E-state index in [1.165, 1.54) is 12.1 Å². The molecule has 0 aromatic heterocycles. The summed E-state index contributed by atoms with van der Waals surface area (Å²) in [6.07, 6.45) is 1.98. The highest BCUT2D eigenvalue weighted by Crippen LogP contribution is 2.39. The zero-order chi connectivity index (χ0) is 20.3. The standard InChI is InChI=1S/C20H23F2NO4S/c1-26-15-7-10-19(27-2)17(12-15)18-4-3-11-23(18)13-14-5-8-16(9-6-14)28(24,25)20(21)22/h5-10,12,18,20H,3-4,11,13H2,1-2H3. The fourth-order valence-electron chi connectivity index (χ4n) is 3.59. The van der Waals surface area contributed by atoms with Gasteiger partial charge in [-0.05, 0) is 55.3 Å². The maximum atomic E-state index is 12.7. The zero-order valence-corrected chi connectivity index (χ0v) is 16.6. The molecule has 0 aliphatic carbocycles. The van der Waals surface area contributed by atoms with Crippen LogP contribution in [0.15, 0.2) is 47.4 Å². The summed E-state index contributed by atoms with van der Waals surface area (Å²) in [5.74, 6) is -1.87. The van der Waals surface area contributed by atoms with Crippen molar-refractivity contribution in [1.29, 1.82) is 0 Å². The van der Waals surface area contributed by atoms with E-state index in [0.717, 1.165) is 42.0 Å². The van der Waals surface area contributed by atoms with Crippen LogP contribution >= 0.6 is 0 Å². The predicted molar refractivity (Wildman–Crippen MR) is 102 cm³/mol. The first-order valence-electron chi connectivity index (χ1n) is 8.93. The first kappa shape index (κ1) is 20.5. The highest BCUT2D eigenvalue weighted by atomic mass is 32.2. The molecule has 152 valence electrons. The van der Waals surface area contributed by atoms with E-state index < -0.39 is 15.6 Å². The van der Waals surface area contributed by atoms with Gasteiger partial charge in [-0.15, -0.1) is 0 Å². The largest absolute Gasteiger partial charge is 0.497 e. The molecule has 0 spiro atoms. The summed E-state index contributed by atoms with van der Waals surface area (Å²) in [6.45, 7) is 1.46. The molecule has 0 amide bonds. The lowest BCUT2D eigenvalue weighted by molar-refractivity contribution is 0.234. The maximum absolute atomic E-state index is 12.7. The van der Waals surface area contributed by atoms with Gasteiger partial charge in [0, 0.05) is 18.2 Å². The highest BCUT2D eigenvalue weighted by molar-refractivity contribution is 7.91. The number of hydrogen-bond acceptors (Lipinski definition) is 5. The van der Waals surface area contributed by atoms with Crippen LogP contribution in [0.2, 0.25) is 0 Å². The molecule has 5 nitrogen and oxygen atoms in total. The summed E-state index contributed by atoms with van der Waals surface area (Å²) in [6, 6.07) is 11.5. The van der Waals surface area contributed by atoms with Gasteiger partial charge in [-0.3, -0.25) is 4.90 Å². The second-order valence-corrected chi connectivity index (χ2v) is 8.60. The smallest absolute Gasteiger partial charge is 0.341 e.